The monoisotopic (exact) mass is 281 g/mol. The molecular weight excluding hydrogens is 271 g/mol. The number of carbonyl (C=O) groups excluding carboxylic acids is 1. The molecule has 0 aromatic heterocycles. The number of para-hydroxylation sites is 1. The fourth-order valence-electron chi connectivity index (χ4n) is 1.76. The predicted molar refractivity (Wildman–Crippen MR) is 67.4 cm³/mol. The van der Waals surface area contributed by atoms with Crippen molar-refractivity contribution in [3.63, 3.8) is 0 Å². The normalized spacial score (nSPS) is 11.3. The Morgan fingerprint density at radius 3 is 2.25 bits per heavy atom. The Morgan fingerprint density at radius 1 is 1.05 bits per heavy atom. The molecular formula is C14H10F3NO2. The van der Waals surface area contributed by atoms with Gasteiger partial charge in [0.25, 0.3) is 0 Å². The molecule has 2 rings (SSSR count). The van der Waals surface area contributed by atoms with Crippen LogP contribution in [0.5, 0.6) is 5.75 Å². The molecule has 3 nitrogen and oxygen atoms in total. The molecule has 0 aliphatic heterocycles. The summed E-state index contributed by atoms with van der Waals surface area (Å²) in [5, 5.41) is 9.58. The summed E-state index contributed by atoms with van der Waals surface area (Å²) in [4.78, 5) is 12.1. The molecule has 0 bridgehead atoms. The van der Waals surface area contributed by atoms with Crippen molar-refractivity contribution in [2.75, 3.05) is 5.73 Å². The van der Waals surface area contributed by atoms with Gasteiger partial charge < -0.3 is 10.8 Å². The van der Waals surface area contributed by atoms with E-state index >= 15 is 0 Å². The number of hydrogen-bond donors (Lipinski definition) is 2. The van der Waals surface area contributed by atoms with E-state index in [0.29, 0.717) is 6.07 Å². The third-order valence-electron chi connectivity index (χ3n) is 2.77. The molecule has 0 heterocycles. The van der Waals surface area contributed by atoms with Crippen molar-refractivity contribution in [3.05, 3.63) is 59.2 Å². The van der Waals surface area contributed by atoms with E-state index < -0.39 is 17.5 Å². The SMILES string of the molecule is Nc1cc(C(F)(F)F)ccc1C(=O)c1ccccc1O. The quantitative estimate of drug-likeness (QED) is 0.656. The van der Waals surface area contributed by atoms with Gasteiger partial charge in [-0.15, -0.1) is 0 Å². The number of rotatable bonds is 2. The zero-order valence-corrected chi connectivity index (χ0v) is 10.1. The lowest BCUT2D eigenvalue weighted by Crippen LogP contribution is -2.10. The van der Waals surface area contributed by atoms with E-state index in [1.165, 1.54) is 24.3 Å². The Morgan fingerprint density at radius 2 is 1.70 bits per heavy atom. The molecule has 3 N–H and O–H groups in total. The topological polar surface area (TPSA) is 63.3 Å². The number of alkyl halides is 3. The van der Waals surface area contributed by atoms with Gasteiger partial charge in [-0.05, 0) is 30.3 Å². The van der Waals surface area contributed by atoms with Crippen LogP contribution in [0.25, 0.3) is 0 Å². The van der Waals surface area contributed by atoms with Crippen LogP contribution in [-0.2, 0) is 6.18 Å². The molecule has 2 aromatic carbocycles. The number of phenols is 1. The van der Waals surface area contributed by atoms with Crippen LogP contribution in [0.15, 0.2) is 42.5 Å². The highest BCUT2D eigenvalue weighted by molar-refractivity contribution is 6.13. The van der Waals surface area contributed by atoms with Gasteiger partial charge in [-0.2, -0.15) is 13.2 Å². The number of aromatic hydroxyl groups is 1. The van der Waals surface area contributed by atoms with Gasteiger partial charge in [0.1, 0.15) is 5.75 Å². The standard InChI is InChI=1S/C14H10F3NO2/c15-14(16,17)8-5-6-9(11(18)7-8)13(20)10-3-1-2-4-12(10)19/h1-7,19H,18H2. The van der Waals surface area contributed by atoms with E-state index in [4.69, 9.17) is 5.73 Å². The fraction of sp³-hybridized carbons (Fsp3) is 0.0714. The number of nitrogen functional groups attached to an aromatic ring is 1. The van der Waals surface area contributed by atoms with Crippen LogP contribution in [0.3, 0.4) is 0 Å². The highest BCUT2D eigenvalue weighted by Gasteiger charge is 2.31. The van der Waals surface area contributed by atoms with Crippen molar-refractivity contribution < 1.29 is 23.1 Å². The number of halogens is 3. The molecule has 2 aromatic rings. The molecule has 0 radical (unpaired) electrons. The predicted octanol–water partition coefficient (Wildman–Crippen LogP) is 3.22. The summed E-state index contributed by atoms with van der Waals surface area (Å²) in [6, 6.07) is 8.24. The molecule has 0 atom stereocenters. The lowest BCUT2D eigenvalue weighted by atomic mass is 9.99. The van der Waals surface area contributed by atoms with E-state index in [0.717, 1.165) is 12.1 Å². The fourth-order valence-corrected chi connectivity index (χ4v) is 1.76. The summed E-state index contributed by atoms with van der Waals surface area (Å²) in [6.07, 6.45) is -4.52. The number of phenolic OH excluding ortho intramolecular Hbond substituents is 1. The van der Waals surface area contributed by atoms with Gasteiger partial charge in [-0.25, -0.2) is 0 Å². The summed E-state index contributed by atoms with van der Waals surface area (Å²) in [7, 11) is 0. The minimum absolute atomic E-state index is 0.0149. The van der Waals surface area contributed by atoms with E-state index in [1.54, 1.807) is 0 Å². The van der Waals surface area contributed by atoms with Gasteiger partial charge >= 0.3 is 6.18 Å². The zero-order chi connectivity index (χ0) is 14.9. The molecule has 6 heteroatoms. The van der Waals surface area contributed by atoms with Gasteiger partial charge in [0.15, 0.2) is 5.78 Å². The van der Waals surface area contributed by atoms with E-state index in [9.17, 15) is 23.1 Å². The lowest BCUT2D eigenvalue weighted by Gasteiger charge is -2.10. The van der Waals surface area contributed by atoms with Gasteiger partial charge in [-0.1, -0.05) is 12.1 Å². The summed E-state index contributed by atoms with van der Waals surface area (Å²) < 4.78 is 37.5. The number of nitrogens with two attached hydrogens (primary N) is 1. The first kappa shape index (κ1) is 13.9. The molecule has 0 fully saturated rings. The van der Waals surface area contributed by atoms with Crippen LogP contribution >= 0.6 is 0 Å². The average Bonchev–Trinajstić information content (AvgIpc) is 2.37. The second-order valence-corrected chi connectivity index (χ2v) is 4.15. The summed E-state index contributed by atoms with van der Waals surface area (Å²) in [5.41, 5.74) is 4.19. The highest BCUT2D eigenvalue weighted by Crippen LogP contribution is 2.32. The first-order valence-electron chi connectivity index (χ1n) is 5.60. The van der Waals surface area contributed by atoms with Crippen LogP contribution in [-0.4, -0.2) is 10.9 Å². The van der Waals surface area contributed by atoms with Crippen LogP contribution in [0.1, 0.15) is 21.5 Å². The third-order valence-corrected chi connectivity index (χ3v) is 2.77. The van der Waals surface area contributed by atoms with Crippen molar-refractivity contribution >= 4 is 11.5 Å². The Hall–Kier alpha value is -2.50. The number of benzene rings is 2. The van der Waals surface area contributed by atoms with Crippen LogP contribution in [0.4, 0.5) is 18.9 Å². The summed E-state index contributed by atoms with van der Waals surface area (Å²) in [6.45, 7) is 0. The van der Waals surface area contributed by atoms with Gasteiger partial charge in [0.05, 0.1) is 11.1 Å². The van der Waals surface area contributed by atoms with Crippen LogP contribution < -0.4 is 5.73 Å². The molecule has 0 saturated carbocycles. The molecule has 0 spiro atoms. The maximum Gasteiger partial charge on any atom is 0.416 e. The number of carbonyl (C=O) groups is 1. The Labute approximate surface area is 112 Å². The molecule has 0 aliphatic carbocycles. The van der Waals surface area contributed by atoms with E-state index in [-0.39, 0.29) is 22.6 Å². The van der Waals surface area contributed by atoms with E-state index in [1.807, 2.05) is 0 Å². The number of ketones is 1. The van der Waals surface area contributed by atoms with Crippen molar-refractivity contribution in [1.29, 1.82) is 0 Å². The third kappa shape index (κ3) is 2.59. The largest absolute Gasteiger partial charge is 0.507 e. The van der Waals surface area contributed by atoms with Crippen molar-refractivity contribution in [2.45, 2.75) is 6.18 Å². The van der Waals surface area contributed by atoms with Crippen LogP contribution in [0.2, 0.25) is 0 Å². The maximum absolute atomic E-state index is 12.5. The molecule has 104 valence electrons. The number of anilines is 1. The summed E-state index contributed by atoms with van der Waals surface area (Å²) >= 11 is 0. The second kappa shape index (κ2) is 4.88. The lowest BCUT2D eigenvalue weighted by molar-refractivity contribution is -0.137. The first-order chi connectivity index (χ1) is 9.30. The van der Waals surface area contributed by atoms with Crippen molar-refractivity contribution in [1.82, 2.24) is 0 Å². The van der Waals surface area contributed by atoms with Gasteiger partial charge in [-0.3, -0.25) is 4.79 Å². The highest BCUT2D eigenvalue weighted by atomic mass is 19.4. The minimum atomic E-state index is -4.52. The second-order valence-electron chi connectivity index (χ2n) is 4.15. The molecule has 0 unspecified atom stereocenters. The van der Waals surface area contributed by atoms with Crippen LogP contribution in [0, 0.1) is 0 Å². The van der Waals surface area contributed by atoms with Gasteiger partial charge in [0, 0.05) is 11.3 Å². The molecule has 0 saturated heterocycles. The van der Waals surface area contributed by atoms with Crippen molar-refractivity contribution in [2.24, 2.45) is 0 Å². The average molecular weight is 281 g/mol. The minimum Gasteiger partial charge on any atom is -0.507 e. The Balaban J connectivity index is 2.45. The Bertz CT molecular complexity index is 666. The van der Waals surface area contributed by atoms with E-state index in [2.05, 4.69) is 0 Å². The first-order valence-corrected chi connectivity index (χ1v) is 5.60. The van der Waals surface area contributed by atoms with Gasteiger partial charge in [0.2, 0.25) is 0 Å². The zero-order valence-electron chi connectivity index (χ0n) is 10.1. The summed E-state index contributed by atoms with van der Waals surface area (Å²) in [5.74, 6) is -0.883. The van der Waals surface area contributed by atoms with Crippen molar-refractivity contribution in [3.8, 4) is 5.75 Å². The smallest absolute Gasteiger partial charge is 0.416 e. The molecule has 0 amide bonds. The molecule has 0 aliphatic rings. The number of hydrogen-bond acceptors (Lipinski definition) is 3. The Kier molecular flexibility index (Phi) is 3.40. The maximum atomic E-state index is 12.5. The molecule has 20 heavy (non-hydrogen) atoms.